The fraction of sp³-hybridized carbons (Fsp3) is 0.125. The van der Waals surface area contributed by atoms with Crippen LogP contribution in [0.2, 0.25) is 10.0 Å². The Balaban J connectivity index is 2.25. The van der Waals surface area contributed by atoms with Crippen molar-refractivity contribution in [2.75, 3.05) is 17.7 Å². The molecule has 0 aliphatic carbocycles. The number of anilines is 2. The molecule has 2 aromatic rings. The molecule has 0 bridgehead atoms. The predicted octanol–water partition coefficient (Wildman–Crippen LogP) is 4.21. The van der Waals surface area contributed by atoms with Crippen LogP contribution in [0.5, 0.6) is 5.75 Å². The summed E-state index contributed by atoms with van der Waals surface area (Å²) in [6, 6.07) is 9.52. The minimum absolute atomic E-state index is 0.243. The number of ether oxygens (including phenoxy) is 1. The fourth-order valence-electron chi connectivity index (χ4n) is 1.95. The van der Waals surface area contributed by atoms with Gasteiger partial charge in [0, 0.05) is 17.6 Å². The lowest BCUT2D eigenvalue weighted by Gasteiger charge is -2.12. The zero-order valence-electron chi connectivity index (χ0n) is 12.4. The first-order chi connectivity index (χ1) is 10.9. The molecule has 5 nitrogen and oxygen atoms in total. The quantitative estimate of drug-likeness (QED) is 0.865. The second-order valence-electron chi connectivity index (χ2n) is 4.67. The van der Waals surface area contributed by atoms with Crippen LogP contribution in [0, 0.1) is 0 Å². The van der Waals surface area contributed by atoms with Crippen LogP contribution in [-0.4, -0.2) is 18.9 Å². The van der Waals surface area contributed by atoms with E-state index < -0.39 is 0 Å². The molecule has 2 aromatic carbocycles. The van der Waals surface area contributed by atoms with Gasteiger partial charge in [0.15, 0.2) is 0 Å². The summed E-state index contributed by atoms with van der Waals surface area (Å²) in [4.78, 5) is 23.5. The van der Waals surface area contributed by atoms with E-state index in [0.717, 1.165) is 0 Å². The third kappa shape index (κ3) is 4.37. The largest absolute Gasteiger partial charge is 0.495 e. The van der Waals surface area contributed by atoms with E-state index in [9.17, 15) is 9.59 Å². The Kier molecular flexibility index (Phi) is 5.47. The van der Waals surface area contributed by atoms with E-state index in [1.54, 1.807) is 24.3 Å². The van der Waals surface area contributed by atoms with Crippen LogP contribution < -0.4 is 15.4 Å². The number of hydrogen-bond acceptors (Lipinski definition) is 3. The lowest BCUT2D eigenvalue weighted by Crippen LogP contribution is -2.13. The maximum absolute atomic E-state index is 12.3. The molecule has 0 aliphatic rings. The van der Waals surface area contributed by atoms with Gasteiger partial charge in [-0.15, -0.1) is 0 Å². The van der Waals surface area contributed by atoms with Crippen LogP contribution >= 0.6 is 23.2 Å². The van der Waals surface area contributed by atoms with E-state index in [1.165, 1.54) is 26.2 Å². The highest BCUT2D eigenvalue weighted by atomic mass is 35.5. The molecular weight excluding hydrogens is 339 g/mol. The number of halogens is 2. The van der Waals surface area contributed by atoms with Crippen LogP contribution in [0.25, 0.3) is 0 Å². The molecule has 0 fully saturated rings. The van der Waals surface area contributed by atoms with E-state index in [4.69, 9.17) is 27.9 Å². The number of rotatable bonds is 4. The number of benzene rings is 2. The molecule has 0 heterocycles. The number of carbonyl (C=O) groups excluding carboxylic acids is 2. The molecule has 0 spiro atoms. The monoisotopic (exact) mass is 352 g/mol. The van der Waals surface area contributed by atoms with Gasteiger partial charge in [-0.3, -0.25) is 9.59 Å². The lowest BCUT2D eigenvalue weighted by molar-refractivity contribution is -0.114. The molecule has 0 atom stereocenters. The first kappa shape index (κ1) is 17.1. The van der Waals surface area contributed by atoms with Gasteiger partial charge < -0.3 is 15.4 Å². The summed E-state index contributed by atoms with van der Waals surface area (Å²) >= 11 is 11.8. The Hall–Kier alpha value is -2.24. The Bertz CT molecular complexity index is 763. The van der Waals surface area contributed by atoms with E-state index >= 15 is 0 Å². The SMILES string of the molecule is COc1ccc(NC(=O)c2ccc(Cl)cc2Cl)cc1NC(C)=O. The molecule has 0 unspecified atom stereocenters. The van der Waals surface area contributed by atoms with E-state index in [1.807, 2.05) is 0 Å². The van der Waals surface area contributed by atoms with Crippen molar-refractivity contribution in [1.29, 1.82) is 0 Å². The summed E-state index contributed by atoms with van der Waals surface area (Å²) in [5.41, 5.74) is 1.25. The van der Waals surface area contributed by atoms with Crippen molar-refractivity contribution < 1.29 is 14.3 Å². The van der Waals surface area contributed by atoms with Gasteiger partial charge in [0.25, 0.3) is 5.91 Å². The van der Waals surface area contributed by atoms with E-state index in [2.05, 4.69) is 10.6 Å². The molecule has 2 rings (SSSR count). The fourth-order valence-corrected chi connectivity index (χ4v) is 2.44. The molecule has 2 amide bonds. The molecule has 0 radical (unpaired) electrons. The maximum atomic E-state index is 12.3. The second-order valence-corrected chi connectivity index (χ2v) is 5.52. The lowest BCUT2D eigenvalue weighted by atomic mass is 10.2. The number of carbonyl (C=O) groups is 2. The average Bonchev–Trinajstić information content (AvgIpc) is 2.46. The molecule has 120 valence electrons. The minimum Gasteiger partial charge on any atom is -0.495 e. The third-order valence-electron chi connectivity index (χ3n) is 2.94. The molecule has 2 N–H and O–H groups in total. The first-order valence-electron chi connectivity index (χ1n) is 6.62. The maximum Gasteiger partial charge on any atom is 0.257 e. The molecular formula is C16H14Cl2N2O3. The normalized spacial score (nSPS) is 10.1. The summed E-state index contributed by atoms with van der Waals surface area (Å²) in [5.74, 6) is -0.138. The molecule has 0 aliphatic heterocycles. The Morgan fingerprint density at radius 1 is 1.04 bits per heavy atom. The van der Waals surface area contributed by atoms with Crippen LogP contribution in [0.15, 0.2) is 36.4 Å². The molecule has 7 heteroatoms. The Morgan fingerprint density at radius 3 is 2.39 bits per heavy atom. The smallest absolute Gasteiger partial charge is 0.257 e. The van der Waals surface area contributed by atoms with Gasteiger partial charge in [-0.2, -0.15) is 0 Å². The van der Waals surface area contributed by atoms with Gasteiger partial charge in [0.05, 0.1) is 23.4 Å². The first-order valence-corrected chi connectivity index (χ1v) is 7.38. The van der Waals surface area contributed by atoms with Crippen LogP contribution in [0.3, 0.4) is 0 Å². The van der Waals surface area contributed by atoms with Crippen molar-refractivity contribution >= 4 is 46.4 Å². The number of hydrogen-bond donors (Lipinski definition) is 2. The number of methoxy groups -OCH3 is 1. The number of amides is 2. The molecule has 0 saturated heterocycles. The highest BCUT2D eigenvalue weighted by Gasteiger charge is 2.13. The summed E-state index contributed by atoms with van der Waals surface area (Å²) in [6.45, 7) is 1.39. The van der Waals surface area contributed by atoms with Crippen molar-refractivity contribution in [3.05, 3.63) is 52.0 Å². The van der Waals surface area contributed by atoms with Crippen molar-refractivity contribution in [3.63, 3.8) is 0 Å². The van der Waals surface area contributed by atoms with Crippen LogP contribution in [0.4, 0.5) is 11.4 Å². The van der Waals surface area contributed by atoms with Gasteiger partial charge in [-0.1, -0.05) is 23.2 Å². The highest BCUT2D eigenvalue weighted by molar-refractivity contribution is 6.37. The standard InChI is InChI=1S/C16H14Cl2N2O3/c1-9(21)19-14-8-11(4-6-15(14)23-2)20-16(22)12-5-3-10(17)7-13(12)18/h3-8H,1-2H3,(H,19,21)(H,20,22). The van der Waals surface area contributed by atoms with Crippen LogP contribution in [0.1, 0.15) is 17.3 Å². The number of nitrogens with one attached hydrogen (secondary N) is 2. The molecule has 0 saturated carbocycles. The Morgan fingerprint density at radius 2 is 1.78 bits per heavy atom. The van der Waals surface area contributed by atoms with Gasteiger partial charge in [0.1, 0.15) is 5.75 Å². The van der Waals surface area contributed by atoms with Crippen molar-refractivity contribution in [2.24, 2.45) is 0 Å². The summed E-state index contributed by atoms with van der Waals surface area (Å²) < 4.78 is 5.16. The Labute approximate surface area is 143 Å². The van der Waals surface area contributed by atoms with Gasteiger partial charge in [0.2, 0.25) is 5.91 Å². The minimum atomic E-state index is -0.384. The summed E-state index contributed by atoms with van der Waals surface area (Å²) in [6.07, 6.45) is 0. The van der Waals surface area contributed by atoms with Crippen molar-refractivity contribution in [2.45, 2.75) is 6.92 Å². The summed E-state index contributed by atoms with van der Waals surface area (Å²) in [5, 5.41) is 6.05. The van der Waals surface area contributed by atoms with Gasteiger partial charge in [-0.05, 0) is 36.4 Å². The van der Waals surface area contributed by atoms with E-state index in [0.29, 0.717) is 27.7 Å². The second kappa shape index (κ2) is 7.35. The summed E-state index contributed by atoms with van der Waals surface area (Å²) in [7, 11) is 1.49. The van der Waals surface area contributed by atoms with E-state index in [-0.39, 0.29) is 16.8 Å². The van der Waals surface area contributed by atoms with Gasteiger partial charge >= 0.3 is 0 Å². The topological polar surface area (TPSA) is 67.4 Å². The zero-order chi connectivity index (χ0) is 17.0. The average molecular weight is 353 g/mol. The van der Waals surface area contributed by atoms with Crippen molar-refractivity contribution in [3.8, 4) is 5.75 Å². The van der Waals surface area contributed by atoms with Crippen LogP contribution in [-0.2, 0) is 4.79 Å². The molecule has 0 aromatic heterocycles. The van der Waals surface area contributed by atoms with Crippen molar-refractivity contribution in [1.82, 2.24) is 0 Å². The zero-order valence-corrected chi connectivity index (χ0v) is 14.0. The van der Waals surface area contributed by atoms with Gasteiger partial charge in [-0.25, -0.2) is 0 Å². The predicted molar refractivity (Wildman–Crippen MR) is 91.7 cm³/mol. The third-order valence-corrected chi connectivity index (χ3v) is 3.49. The molecule has 23 heavy (non-hydrogen) atoms. The highest BCUT2D eigenvalue weighted by Crippen LogP contribution is 2.28.